The third-order valence-electron chi connectivity index (χ3n) is 4.56. The fourth-order valence-corrected chi connectivity index (χ4v) is 3.27. The van der Waals surface area contributed by atoms with Crippen LogP contribution in [-0.4, -0.2) is 33.9 Å². The molecule has 1 aromatic carbocycles. The van der Waals surface area contributed by atoms with Gasteiger partial charge in [0.05, 0.1) is 6.26 Å². The van der Waals surface area contributed by atoms with Gasteiger partial charge in [-0.15, -0.1) is 13.2 Å². The summed E-state index contributed by atoms with van der Waals surface area (Å²) in [6, 6.07) is 7.80. The van der Waals surface area contributed by atoms with Gasteiger partial charge in [0.25, 0.3) is 5.91 Å². The van der Waals surface area contributed by atoms with E-state index >= 15 is 0 Å². The molecule has 1 amide bonds. The highest BCUT2D eigenvalue weighted by Crippen LogP contribution is 2.35. The third kappa shape index (κ3) is 4.51. The number of furan rings is 1. The monoisotopic (exact) mass is 504 g/mol. The van der Waals surface area contributed by atoms with Crippen LogP contribution in [0.15, 0.2) is 53.1 Å². The third-order valence-corrected chi connectivity index (χ3v) is 4.91. The minimum absolute atomic E-state index is 0.0384. The van der Waals surface area contributed by atoms with Crippen molar-refractivity contribution in [3.8, 4) is 17.2 Å². The minimum atomic E-state index is -4.90. The number of hydrogen-bond acceptors (Lipinski definition) is 5. The summed E-state index contributed by atoms with van der Waals surface area (Å²) < 4.78 is 87.4. The molecule has 4 aromatic rings. The highest BCUT2D eigenvalue weighted by molar-refractivity contribution is 6.37. The molecule has 0 atom stereocenters. The Labute approximate surface area is 191 Å². The zero-order valence-electron chi connectivity index (χ0n) is 16.8. The maximum absolute atomic E-state index is 13.7. The number of halogens is 7. The maximum atomic E-state index is 13.7. The molecule has 0 saturated carbocycles. The van der Waals surface area contributed by atoms with Crippen molar-refractivity contribution in [2.75, 3.05) is 11.9 Å². The number of anilines is 1. The van der Waals surface area contributed by atoms with E-state index in [1.165, 1.54) is 25.4 Å². The number of carbonyl (C=O) groups excluding carboxylic acids is 1. The average molecular weight is 505 g/mol. The molecule has 14 heteroatoms. The van der Waals surface area contributed by atoms with Crippen LogP contribution in [0.4, 0.5) is 32.0 Å². The number of hydrogen-bond donors (Lipinski definition) is 0. The van der Waals surface area contributed by atoms with Crippen LogP contribution in [0, 0.1) is 0 Å². The molecular weight excluding hydrogens is 494 g/mol. The summed E-state index contributed by atoms with van der Waals surface area (Å²) in [6.07, 6.45) is -8.52. The molecule has 34 heavy (non-hydrogen) atoms. The number of nitrogens with zero attached hydrogens (tertiary/aromatic N) is 4. The molecule has 0 radical (unpaired) electrons. The van der Waals surface area contributed by atoms with Gasteiger partial charge in [-0.05, 0) is 42.5 Å². The highest BCUT2D eigenvalue weighted by atomic mass is 35.5. The molecule has 0 aliphatic heterocycles. The van der Waals surface area contributed by atoms with E-state index < -0.39 is 46.3 Å². The van der Waals surface area contributed by atoms with Crippen LogP contribution >= 0.6 is 11.6 Å². The second-order valence-electron chi connectivity index (χ2n) is 6.81. The Morgan fingerprint density at radius 1 is 1.12 bits per heavy atom. The standard InChI is InChI=1S/C20H11ClF6N4O3/c1-30(10-4-6-11(7-5-10)34-20(25,26)27)18(32)16-15(21)17-28-12(13-3-2-8-33-13)9-14(19(22,23)24)31(17)29-16/h2-9H,1H3. The van der Waals surface area contributed by atoms with E-state index in [2.05, 4.69) is 14.8 Å². The number of amides is 1. The molecule has 7 nitrogen and oxygen atoms in total. The molecule has 178 valence electrons. The fraction of sp³-hybridized carbons (Fsp3) is 0.150. The van der Waals surface area contributed by atoms with Crippen molar-refractivity contribution < 1.29 is 40.3 Å². The lowest BCUT2D eigenvalue weighted by Crippen LogP contribution is -2.27. The van der Waals surface area contributed by atoms with Gasteiger partial charge >= 0.3 is 12.5 Å². The van der Waals surface area contributed by atoms with Gasteiger partial charge in [0.1, 0.15) is 16.5 Å². The first-order valence-electron chi connectivity index (χ1n) is 9.19. The largest absolute Gasteiger partial charge is 0.573 e. The minimum Gasteiger partial charge on any atom is -0.463 e. The van der Waals surface area contributed by atoms with Crippen molar-refractivity contribution >= 4 is 28.8 Å². The van der Waals surface area contributed by atoms with Crippen LogP contribution in [0.2, 0.25) is 5.02 Å². The molecule has 0 spiro atoms. The summed E-state index contributed by atoms with van der Waals surface area (Å²) in [5, 5.41) is 3.27. The van der Waals surface area contributed by atoms with E-state index in [1.807, 2.05) is 0 Å². The molecular formula is C20H11ClF6N4O3. The number of rotatable bonds is 4. The van der Waals surface area contributed by atoms with Crippen LogP contribution < -0.4 is 9.64 Å². The second-order valence-corrected chi connectivity index (χ2v) is 7.18. The number of aromatic nitrogens is 3. The zero-order chi connectivity index (χ0) is 24.8. The van der Waals surface area contributed by atoms with Crippen molar-refractivity contribution in [3.63, 3.8) is 0 Å². The van der Waals surface area contributed by atoms with Gasteiger partial charge in [-0.25, -0.2) is 9.50 Å². The Bertz CT molecular complexity index is 1350. The van der Waals surface area contributed by atoms with Crippen LogP contribution in [0.5, 0.6) is 5.75 Å². The van der Waals surface area contributed by atoms with Crippen molar-refractivity contribution in [2.45, 2.75) is 12.5 Å². The normalized spacial score (nSPS) is 12.2. The van der Waals surface area contributed by atoms with Gasteiger partial charge in [0.15, 0.2) is 22.8 Å². The number of alkyl halides is 6. The molecule has 3 aromatic heterocycles. The molecule has 0 fully saturated rings. The Morgan fingerprint density at radius 3 is 2.35 bits per heavy atom. The molecule has 0 saturated heterocycles. The molecule has 0 aliphatic rings. The summed E-state index contributed by atoms with van der Waals surface area (Å²) in [7, 11) is 1.24. The van der Waals surface area contributed by atoms with Crippen molar-refractivity contribution in [3.05, 3.63) is 65.1 Å². The summed E-state index contributed by atoms with van der Waals surface area (Å²) in [4.78, 5) is 18.0. The molecule has 3 heterocycles. The van der Waals surface area contributed by atoms with Gasteiger partial charge in [0, 0.05) is 12.7 Å². The van der Waals surface area contributed by atoms with Gasteiger partial charge < -0.3 is 14.1 Å². The second kappa shape index (κ2) is 8.24. The lowest BCUT2D eigenvalue weighted by Gasteiger charge is -2.17. The van der Waals surface area contributed by atoms with Gasteiger partial charge in [-0.2, -0.15) is 18.3 Å². The van der Waals surface area contributed by atoms with Gasteiger partial charge in [0.2, 0.25) is 0 Å². The lowest BCUT2D eigenvalue weighted by molar-refractivity contribution is -0.274. The van der Waals surface area contributed by atoms with E-state index in [0.29, 0.717) is 10.6 Å². The number of benzene rings is 1. The van der Waals surface area contributed by atoms with Crippen LogP contribution in [0.25, 0.3) is 17.1 Å². The summed E-state index contributed by atoms with van der Waals surface area (Å²) in [5.41, 5.74) is -2.31. The Hall–Kier alpha value is -3.74. The van der Waals surface area contributed by atoms with Crippen molar-refractivity contribution in [1.82, 2.24) is 14.6 Å². The average Bonchev–Trinajstić information content (AvgIpc) is 3.39. The number of ether oxygens (including phenoxy) is 1. The first kappa shape index (κ1) is 23.4. The van der Waals surface area contributed by atoms with E-state index in [1.54, 1.807) is 0 Å². The van der Waals surface area contributed by atoms with E-state index in [9.17, 15) is 31.1 Å². The first-order valence-corrected chi connectivity index (χ1v) is 9.57. The van der Waals surface area contributed by atoms with Crippen molar-refractivity contribution in [2.24, 2.45) is 0 Å². The smallest absolute Gasteiger partial charge is 0.463 e. The Balaban J connectivity index is 1.74. The van der Waals surface area contributed by atoms with Gasteiger partial charge in [-0.1, -0.05) is 11.6 Å². The Kier molecular flexibility index (Phi) is 5.67. The van der Waals surface area contributed by atoms with E-state index in [-0.39, 0.29) is 17.1 Å². The first-order chi connectivity index (χ1) is 15.8. The van der Waals surface area contributed by atoms with E-state index in [0.717, 1.165) is 29.2 Å². The maximum Gasteiger partial charge on any atom is 0.573 e. The fourth-order valence-electron chi connectivity index (χ4n) is 3.03. The topological polar surface area (TPSA) is 72.9 Å². The number of carbonyl (C=O) groups is 1. The summed E-state index contributed by atoms with van der Waals surface area (Å²) >= 11 is 6.20. The van der Waals surface area contributed by atoms with Crippen LogP contribution in [0.3, 0.4) is 0 Å². The molecule has 0 bridgehead atoms. The van der Waals surface area contributed by atoms with Crippen LogP contribution in [0.1, 0.15) is 16.2 Å². The molecule has 4 rings (SSSR count). The highest BCUT2D eigenvalue weighted by Gasteiger charge is 2.37. The molecule has 0 unspecified atom stereocenters. The predicted molar refractivity (Wildman–Crippen MR) is 107 cm³/mol. The Morgan fingerprint density at radius 2 is 1.79 bits per heavy atom. The summed E-state index contributed by atoms with van der Waals surface area (Å²) in [6.45, 7) is 0. The predicted octanol–water partition coefficient (Wildman–Crippen LogP) is 5.84. The molecule has 0 N–H and O–H groups in total. The van der Waals surface area contributed by atoms with E-state index in [4.69, 9.17) is 16.0 Å². The number of fused-ring (bicyclic) bond motifs is 1. The van der Waals surface area contributed by atoms with Gasteiger partial charge in [-0.3, -0.25) is 4.79 Å². The quantitative estimate of drug-likeness (QED) is 0.327. The summed E-state index contributed by atoms with van der Waals surface area (Å²) in [5.74, 6) is -1.41. The van der Waals surface area contributed by atoms with Crippen LogP contribution in [-0.2, 0) is 6.18 Å². The lowest BCUT2D eigenvalue weighted by atomic mass is 10.2. The molecule has 0 aliphatic carbocycles. The SMILES string of the molecule is CN(C(=O)c1nn2c(C(F)(F)F)cc(-c3ccco3)nc2c1Cl)c1ccc(OC(F)(F)F)cc1. The van der Waals surface area contributed by atoms with Crippen molar-refractivity contribution in [1.29, 1.82) is 0 Å². The zero-order valence-corrected chi connectivity index (χ0v) is 17.5.